The van der Waals surface area contributed by atoms with Gasteiger partial charge in [-0.05, 0) is 87.9 Å². The van der Waals surface area contributed by atoms with Crippen molar-refractivity contribution in [1.82, 2.24) is 4.90 Å². The van der Waals surface area contributed by atoms with Crippen molar-refractivity contribution in [2.75, 3.05) is 19.0 Å². The average molecular weight is 638 g/mol. The normalized spacial score (nSPS) is 14.6. The molecule has 3 aromatic rings. The molecule has 13 heteroatoms. The van der Waals surface area contributed by atoms with Gasteiger partial charge in [0.05, 0.1) is 16.5 Å². The van der Waals surface area contributed by atoms with E-state index < -0.39 is 33.7 Å². The molecule has 0 bridgehead atoms. The zero-order valence-electron chi connectivity index (χ0n) is 19.5. The molecule has 38 heavy (non-hydrogen) atoms. The average Bonchev–Trinajstić information content (AvgIpc) is 3.13. The summed E-state index contributed by atoms with van der Waals surface area (Å²) in [5.41, 5.74) is 0.960. The number of imide groups is 1. The fourth-order valence-electron chi connectivity index (χ4n) is 3.32. The van der Waals surface area contributed by atoms with E-state index in [2.05, 4.69) is 21.2 Å². The Morgan fingerprint density at radius 2 is 1.79 bits per heavy atom. The van der Waals surface area contributed by atoms with Crippen LogP contribution in [0.5, 0.6) is 11.5 Å². The van der Waals surface area contributed by atoms with Gasteiger partial charge in [-0.2, -0.15) is 8.42 Å². The lowest BCUT2D eigenvalue weighted by molar-refractivity contribution is -0.127. The van der Waals surface area contributed by atoms with Crippen LogP contribution >= 0.6 is 39.3 Å². The molecule has 4 rings (SSSR count). The van der Waals surface area contributed by atoms with Crippen LogP contribution in [0, 0.1) is 0 Å². The van der Waals surface area contributed by atoms with Crippen molar-refractivity contribution in [1.29, 1.82) is 0 Å². The zero-order valence-corrected chi connectivity index (χ0v) is 23.5. The minimum atomic E-state index is -4.21. The summed E-state index contributed by atoms with van der Waals surface area (Å²) in [6.45, 7) is -0.445. The van der Waals surface area contributed by atoms with Crippen molar-refractivity contribution in [2.45, 2.75) is 4.90 Å². The standard InChI is InChI=1S/C25H18BrClN2O7S2/c1-35-20-12-15(11-19(26)23(20)36-38(33,34)18-9-7-16(27)8-10-18)13-21-24(31)29(25(32)37-21)14-22(30)28-17-5-3-2-4-6-17/h2-13H,14H2,1H3,(H,28,30)/b21-13-. The number of hydrogen-bond acceptors (Lipinski definition) is 8. The van der Waals surface area contributed by atoms with Crippen LogP contribution < -0.4 is 14.2 Å². The number of carbonyl (C=O) groups excluding carboxylic acids is 3. The van der Waals surface area contributed by atoms with Gasteiger partial charge in [0.2, 0.25) is 5.91 Å². The van der Waals surface area contributed by atoms with Gasteiger partial charge in [-0.3, -0.25) is 19.3 Å². The third kappa shape index (κ3) is 6.38. The monoisotopic (exact) mass is 636 g/mol. The van der Waals surface area contributed by atoms with Crippen LogP contribution in [-0.4, -0.2) is 44.0 Å². The molecule has 0 atom stereocenters. The molecule has 3 aromatic carbocycles. The molecular formula is C25H18BrClN2O7S2. The Labute approximate surface area is 236 Å². The molecule has 1 saturated heterocycles. The quantitative estimate of drug-likeness (QED) is 0.252. The SMILES string of the molecule is COc1cc(/C=C2\SC(=O)N(CC(=O)Nc3ccccc3)C2=O)cc(Br)c1OS(=O)(=O)c1ccc(Cl)cc1. The number of nitrogens with one attached hydrogen (secondary N) is 1. The van der Waals surface area contributed by atoms with E-state index in [9.17, 15) is 22.8 Å². The Morgan fingerprint density at radius 1 is 1.11 bits per heavy atom. The summed E-state index contributed by atoms with van der Waals surface area (Å²) in [5.74, 6) is -1.20. The maximum atomic E-state index is 12.9. The number of benzene rings is 3. The summed E-state index contributed by atoms with van der Waals surface area (Å²) < 4.78 is 36.3. The first kappa shape index (κ1) is 27.7. The molecule has 1 fully saturated rings. The summed E-state index contributed by atoms with van der Waals surface area (Å²) in [4.78, 5) is 38.5. The van der Waals surface area contributed by atoms with E-state index in [1.54, 1.807) is 30.3 Å². The molecule has 0 aromatic heterocycles. The van der Waals surface area contributed by atoms with E-state index in [-0.39, 0.29) is 25.8 Å². The fraction of sp³-hybridized carbons (Fsp3) is 0.0800. The minimum Gasteiger partial charge on any atom is -0.493 e. The van der Waals surface area contributed by atoms with Gasteiger partial charge in [-0.15, -0.1) is 0 Å². The third-order valence-electron chi connectivity index (χ3n) is 5.08. The van der Waals surface area contributed by atoms with Gasteiger partial charge in [-0.1, -0.05) is 29.8 Å². The number of methoxy groups -OCH3 is 1. The molecule has 1 aliphatic heterocycles. The van der Waals surface area contributed by atoms with Crippen LogP contribution in [0.4, 0.5) is 10.5 Å². The minimum absolute atomic E-state index is 0.0598. The lowest BCUT2D eigenvalue weighted by Crippen LogP contribution is -2.36. The first-order chi connectivity index (χ1) is 18.1. The van der Waals surface area contributed by atoms with Crippen molar-refractivity contribution in [3.63, 3.8) is 0 Å². The van der Waals surface area contributed by atoms with Gasteiger partial charge in [-0.25, -0.2) is 0 Å². The third-order valence-corrected chi connectivity index (χ3v) is 8.06. The molecule has 196 valence electrons. The second kappa shape index (κ2) is 11.6. The highest BCUT2D eigenvalue weighted by molar-refractivity contribution is 9.10. The number of carbonyl (C=O) groups is 3. The smallest absolute Gasteiger partial charge is 0.339 e. The van der Waals surface area contributed by atoms with E-state index in [1.165, 1.54) is 49.6 Å². The Hall–Kier alpha value is -3.32. The van der Waals surface area contributed by atoms with Crippen LogP contribution in [0.15, 0.2) is 81.0 Å². The number of ether oxygens (including phenoxy) is 1. The van der Waals surface area contributed by atoms with E-state index in [0.717, 1.165) is 4.90 Å². The lowest BCUT2D eigenvalue weighted by Gasteiger charge is -2.14. The van der Waals surface area contributed by atoms with Crippen molar-refractivity contribution in [3.05, 3.63) is 86.7 Å². The fourth-order valence-corrected chi connectivity index (χ4v) is 5.89. The Balaban J connectivity index is 1.53. The highest BCUT2D eigenvalue weighted by Crippen LogP contribution is 2.40. The molecular weight excluding hydrogens is 620 g/mol. The van der Waals surface area contributed by atoms with Gasteiger partial charge < -0.3 is 14.2 Å². The Kier molecular flexibility index (Phi) is 8.46. The Morgan fingerprint density at radius 3 is 2.45 bits per heavy atom. The van der Waals surface area contributed by atoms with Crippen LogP contribution in [0.1, 0.15) is 5.56 Å². The van der Waals surface area contributed by atoms with Crippen LogP contribution in [0.25, 0.3) is 6.08 Å². The van der Waals surface area contributed by atoms with Gasteiger partial charge in [0.1, 0.15) is 11.4 Å². The molecule has 0 spiro atoms. The molecule has 1 aliphatic rings. The van der Waals surface area contributed by atoms with Crippen molar-refractivity contribution < 1.29 is 31.7 Å². The number of halogens is 2. The molecule has 1 N–H and O–H groups in total. The molecule has 9 nitrogen and oxygen atoms in total. The topological polar surface area (TPSA) is 119 Å². The van der Waals surface area contributed by atoms with Crippen LogP contribution in [0.3, 0.4) is 0 Å². The summed E-state index contributed by atoms with van der Waals surface area (Å²) >= 11 is 9.80. The van der Waals surface area contributed by atoms with Crippen molar-refractivity contribution >= 4 is 78.2 Å². The number of para-hydroxylation sites is 1. The van der Waals surface area contributed by atoms with Crippen molar-refractivity contribution in [3.8, 4) is 11.5 Å². The maximum Gasteiger partial charge on any atom is 0.339 e. The molecule has 0 saturated carbocycles. The predicted molar refractivity (Wildman–Crippen MR) is 148 cm³/mol. The number of amides is 3. The van der Waals surface area contributed by atoms with Gasteiger partial charge in [0.25, 0.3) is 11.1 Å². The van der Waals surface area contributed by atoms with E-state index in [0.29, 0.717) is 28.0 Å². The van der Waals surface area contributed by atoms with Gasteiger partial charge in [0, 0.05) is 10.7 Å². The maximum absolute atomic E-state index is 12.9. The number of anilines is 1. The summed E-state index contributed by atoms with van der Waals surface area (Å²) in [7, 11) is -2.88. The highest BCUT2D eigenvalue weighted by Gasteiger charge is 2.36. The highest BCUT2D eigenvalue weighted by atomic mass is 79.9. The predicted octanol–water partition coefficient (Wildman–Crippen LogP) is 5.55. The summed E-state index contributed by atoms with van der Waals surface area (Å²) in [6, 6.07) is 17.1. The summed E-state index contributed by atoms with van der Waals surface area (Å²) in [6.07, 6.45) is 1.44. The largest absolute Gasteiger partial charge is 0.493 e. The lowest BCUT2D eigenvalue weighted by atomic mass is 10.2. The summed E-state index contributed by atoms with van der Waals surface area (Å²) in [5, 5.41) is 2.41. The second-order valence-corrected chi connectivity index (χ2v) is 11.5. The number of rotatable bonds is 8. The second-order valence-electron chi connectivity index (χ2n) is 7.71. The number of nitrogens with zero attached hydrogens (tertiary/aromatic N) is 1. The molecule has 0 unspecified atom stereocenters. The van der Waals surface area contributed by atoms with Crippen molar-refractivity contribution in [2.24, 2.45) is 0 Å². The first-order valence-corrected chi connectivity index (χ1v) is 14.1. The molecule has 0 aliphatic carbocycles. The number of hydrogen-bond donors (Lipinski definition) is 1. The van der Waals surface area contributed by atoms with Gasteiger partial charge >= 0.3 is 10.1 Å². The zero-order chi connectivity index (χ0) is 27.4. The number of thioether (sulfide) groups is 1. The van der Waals surface area contributed by atoms with Gasteiger partial charge in [0.15, 0.2) is 11.5 Å². The van der Waals surface area contributed by atoms with Crippen LogP contribution in [0.2, 0.25) is 5.02 Å². The molecule has 1 heterocycles. The molecule has 0 radical (unpaired) electrons. The molecule has 3 amide bonds. The van der Waals surface area contributed by atoms with E-state index in [1.807, 2.05) is 0 Å². The van der Waals surface area contributed by atoms with E-state index in [4.69, 9.17) is 20.5 Å². The van der Waals surface area contributed by atoms with Crippen LogP contribution in [-0.2, 0) is 19.7 Å². The first-order valence-electron chi connectivity index (χ1n) is 10.8. The van der Waals surface area contributed by atoms with E-state index >= 15 is 0 Å². The Bertz CT molecular complexity index is 1550.